The van der Waals surface area contributed by atoms with Crippen LogP contribution in [-0.4, -0.2) is 21.8 Å². The van der Waals surface area contributed by atoms with Gasteiger partial charge < -0.3 is 9.84 Å². The van der Waals surface area contributed by atoms with Crippen molar-refractivity contribution in [2.24, 2.45) is 0 Å². The summed E-state index contributed by atoms with van der Waals surface area (Å²) in [5.41, 5.74) is 0.199. The Labute approximate surface area is 115 Å². The molecule has 0 spiro atoms. The topological polar surface area (TPSA) is 84.3 Å². The lowest BCUT2D eigenvalue weighted by atomic mass is 10.1. The van der Waals surface area contributed by atoms with E-state index in [1.807, 2.05) is 0 Å². The van der Waals surface area contributed by atoms with Crippen LogP contribution in [0, 0.1) is 6.92 Å². The van der Waals surface area contributed by atoms with Crippen molar-refractivity contribution in [2.45, 2.75) is 20.3 Å². The molecule has 6 nitrogen and oxygen atoms in total. The first kappa shape index (κ1) is 13.9. The van der Waals surface area contributed by atoms with Gasteiger partial charge in [0, 0.05) is 0 Å². The molecule has 0 saturated heterocycles. The fraction of sp³-hybridized carbons (Fsp3) is 0.286. The van der Waals surface area contributed by atoms with Gasteiger partial charge in [0.05, 0.1) is 18.4 Å². The van der Waals surface area contributed by atoms with Crippen LogP contribution < -0.4 is 16.0 Å². The smallest absolute Gasteiger partial charge is 0.335 e. The Bertz CT molecular complexity index is 759. The zero-order valence-corrected chi connectivity index (χ0v) is 11.6. The van der Waals surface area contributed by atoms with Gasteiger partial charge >= 0.3 is 5.69 Å². The van der Waals surface area contributed by atoms with Crippen LogP contribution in [0.1, 0.15) is 18.1 Å². The van der Waals surface area contributed by atoms with Crippen molar-refractivity contribution in [2.75, 3.05) is 7.11 Å². The number of hydrogen-bond acceptors (Lipinski definition) is 4. The summed E-state index contributed by atoms with van der Waals surface area (Å²) < 4.78 is 6.19. The average molecular weight is 276 g/mol. The van der Waals surface area contributed by atoms with Gasteiger partial charge in [-0.05, 0) is 37.1 Å². The van der Waals surface area contributed by atoms with Gasteiger partial charge in [-0.3, -0.25) is 9.78 Å². The predicted octanol–water partition coefficient (Wildman–Crippen LogP) is 1.11. The summed E-state index contributed by atoms with van der Waals surface area (Å²) in [7, 11) is 1.55. The van der Waals surface area contributed by atoms with Gasteiger partial charge in [-0.2, -0.15) is 0 Å². The molecule has 20 heavy (non-hydrogen) atoms. The molecule has 0 aliphatic carbocycles. The first-order valence-corrected chi connectivity index (χ1v) is 6.21. The highest BCUT2D eigenvalue weighted by molar-refractivity contribution is 5.47. The number of benzene rings is 1. The standard InChI is InChI=1S/C14H16N2O4/c1-4-10-12(17)15-14(19)16(13(10)18)11-6-5-9(20-3)7-8(11)2/h5-7,18H,4H2,1-3H3,(H,15,17,19). The van der Waals surface area contributed by atoms with E-state index in [-0.39, 0.29) is 11.4 Å². The number of aryl methyl sites for hydroxylation is 1. The van der Waals surface area contributed by atoms with Gasteiger partial charge in [-0.1, -0.05) is 6.92 Å². The van der Waals surface area contributed by atoms with Crippen molar-refractivity contribution < 1.29 is 9.84 Å². The zero-order valence-electron chi connectivity index (χ0n) is 11.6. The van der Waals surface area contributed by atoms with Crippen LogP contribution in [0.5, 0.6) is 11.6 Å². The van der Waals surface area contributed by atoms with E-state index < -0.39 is 11.2 Å². The molecule has 6 heteroatoms. The second kappa shape index (κ2) is 5.24. The highest BCUT2D eigenvalue weighted by Crippen LogP contribution is 2.23. The Morgan fingerprint density at radius 2 is 2.05 bits per heavy atom. The molecule has 2 rings (SSSR count). The number of H-pyrrole nitrogens is 1. The summed E-state index contributed by atoms with van der Waals surface area (Å²) in [6.45, 7) is 3.53. The van der Waals surface area contributed by atoms with Crippen LogP contribution >= 0.6 is 0 Å². The lowest BCUT2D eigenvalue weighted by Gasteiger charge is -2.13. The largest absolute Gasteiger partial charge is 0.497 e. The quantitative estimate of drug-likeness (QED) is 0.879. The van der Waals surface area contributed by atoms with Gasteiger partial charge in [-0.25, -0.2) is 9.36 Å². The van der Waals surface area contributed by atoms with Crippen LogP contribution in [0.4, 0.5) is 0 Å². The van der Waals surface area contributed by atoms with E-state index in [4.69, 9.17) is 4.74 Å². The molecule has 1 heterocycles. The molecule has 0 aliphatic heterocycles. The van der Waals surface area contributed by atoms with E-state index in [0.717, 1.165) is 10.1 Å². The summed E-state index contributed by atoms with van der Waals surface area (Å²) in [5, 5.41) is 10.2. The predicted molar refractivity (Wildman–Crippen MR) is 75.0 cm³/mol. The summed E-state index contributed by atoms with van der Waals surface area (Å²) in [5.74, 6) is 0.327. The van der Waals surface area contributed by atoms with Crippen LogP contribution in [0.2, 0.25) is 0 Å². The average Bonchev–Trinajstić information content (AvgIpc) is 2.40. The van der Waals surface area contributed by atoms with E-state index in [1.54, 1.807) is 39.2 Å². The molecule has 0 atom stereocenters. The van der Waals surface area contributed by atoms with Gasteiger partial charge in [0.1, 0.15) is 5.75 Å². The van der Waals surface area contributed by atoms with Crippen LogP contribution in [0.3, 0.4) is 0 Å². The summed E-state index contributed by atoms with van der Waals surface area (Å²) in [4.78, 5) is 25.8. The van der Waals surface area contributed by atoms with E-state index in [0.29, 0.717) is 17.9 Å². The van der Waals surface area contributed by atoms with Crippen molar-refractivity contribution in [1.82, 2.24) is 9.55 Å². The van der Waals surface area contributed by atoms with Gasteiger partial charge in [0.25, 0.3) is 5.56 Å². The minimum atomic E-state index is -0.669. The molecule has 1 aromatic carbocycles. The normalized spacial score (nSPS) is 10.6. The number of aromatic nitrogens is 2. The fourth-order valence-corrected chi connectivity index (χ4v) is 2.11. The Morgan fingerprint density at radius 3 is 2.60 bits per heavy atom. The molecule has 0 fully saturated rings. The minimum Gasteiger partial charge on any atom is -0.497 e. The second-order valence-electron chi connectivity index (χ2n) is 4.40. The third-order valence-corrected chi connectivity index (χ3v) is 3.18. The second-order valence-corrected chi connectivity index (χ2v) is 4.40. The Kier molecular flexibility index (Phi) is 3.65. The van der Waals surface area contributed by atoms with Crippen molar-refractivity contribution in [3.8, 4) is 17.3 Å². The summed E-state index contributed by atoms with van der Waals surface area (Å²) in [6.07, 6.45) is 0.330. The molecule has 0 bridgehead atoms. The lowest BCUT2D eigenvalue weighted by molar-refractivity contribution is 0.413. The monoisotopic (exact) mass is 276 g/mol. The first-order valence-electron chi connectivity index (χ1n) is 6.21. The van der Waals surface area contributed by atoms with E-state index in [9.17, 15) is 14.7 Å². The first-order chi connectivity index (χ1) is 9.49. The third-order valence-electron chi connectivity index (χ3n) is 3.18. The molecular weight excluding hydrogens is 260 g/mol. The number of nitrogens with zero attached hydrogens (tertiary/aromatic N) is 1. The maximum absolute atomic E-state index is 12.0. The van der Waals surface area contributed by atoms with Gasteiger partial charge in [0.15, 0.2) is 0 Å². The molecule has 106 valence electrons. The third kappa shape index (κ3) is 2.20. The van der Waals surface area contributed by atoms with Gasteiger partial charge in [-0.15, -0.1) is 0 Å². The number of aromatic hydroxyl groups is 1. The van der Waals surface area contributed by atoms with E-state index >= 15 is 0 Å². The highest BCUT2D eigenvalue weighted by atomic mass is 16.5. The molecular formula is C14H16N2O4. The van der Waals surface area contributed by atoms with Crippen molar-refractivity contribution in [3.05, 3.63) is 50.2 Å². The fourth-order valence-electron chi connectivity index (χ4n) is 2.11. The lowest BCUT2D eigenvalue weighted by Crippen LogP contribution is -2.31. The number of methoxy groups -OCH3 is 1. The molecule has 0 aliphatic rings. The summed E-state index contributed by atoms with van der Waals surface area (Å²) >= 11 is 0. The van der Waals surface area contributed by atoms with Crippen molar-refractivity contribution in [3.63, 3.8) is 0 Å². The van der Waals surface area contributed by atoms with E-state index in [2.05, 4.69) is 4.98 Å². The summed E-state index contributed by atoms with van der Waals surface area (Å²) in [6, 6.07) is 5.09. The Hall–Kier alpha value is -2.50. The zero-order chi connectivity index (χ0) is 14.9. The molecule has 0 saturated carbocycles. The SMILES string of the molecule is CCc1c(O)n(-c2ccc(OC)cc2C)c(=O)[nH]c1=O. The molecule has 2 aromatic rings. The highest BCUT2D eigenvalue weighted by Gasteiger charge is 2.15. The Balaban J connectivity index is 2.76. The Morgan fingerprint density at radius 1 is 1.35 bits per heavy atom. The maximum atomic E-state index is 12.0. The van der Waals surface area contributed by atoms with Crippen LogP contribution in [0.25, 0.3) is 5.69 Å². The molecule has 1 aromatic heterocycles. The van der Waals surface area contributed by atoms with Crippen molar-refractivity contribution >= 4 is 0 Å². The number of ether oxygens (including phenoxy) is 1. The molecule has 0 radical (unpaired) electrons. The number of nitrogens with one attached hydrogen (secondary N) is 1. The van der Waals surface area contributed by atoms with Crippen LogP contribution in [-0.2, 0) is 6.42 Å². The minimum absolute atomic E-state index is 0.180. The van der Waals surface area contributed by atoms with E-state index in [1.165, 1.54) is 0 Å². The molecule has 0 amide bonds. The van der Waals surface area contributed by atoms with Gasteiger partial charge in [0.2, 0.25) is 5.88 Å². The van der Waals surface area contributed by atoms with Crippen molar-refractivity contribution in [1.29, 1.82) is 0 Å². The molecule has 2 N–H and O–H groups in total. The molecule has 0 unspecified atom stereocenters. The number of rotatable bonds is 3. The number of hydrogen-bond donors (Lipinski definition) is 2. The maximum Gasteiger partial charge on any atom is 0.335 e. The number of aromatic amines is 1. The van der Waals surface area contributed by atoms with Crippen LogP contribution in [0.15, 0.2) is 27.8 Å².